The van der Waals surface area contributed by atoms with Crippen LogP contribution in [-0.4, -0.2) is 24.9 Å². The van der Waals surface area contributed by atoms with Crippen molar-refractivity contribution in [3.63, 3.8) is 0 Å². The SMILES string of the molecule is C#Cc1ccc(C(=O)Nc2cc(NC(=O)c3ccc(C#C)cc3)cc(C(=O)OC)c2)cc1. The second kappa shape index (κ2) is 9.80. The molecule has 0 saturated heterocycles. The fraction of sp³-hybridized carbons (Fsp3) is 0.0385. The van der Waals surface area contributed by atoms with E-state index in [0.29, 0.717) is 33.6 Å². The number of ether oxygens (including phenoxy) is 1. The van der Waals surface area contributed by atoms with Crippen molar-refractivity contribution in [2.24, 2.45) is 0 Å². The monoisotopic (exact) mass is 422 g/mol. The van der Waals surface area contributed by atoms with E-state index in [1.54, 1.807) is 48.5 Å². The van der Waals surface area contributed by atoms with Gasteiger partial charge in [-0.15, -0.1) is 12.8 Å². The Labute approximate surface area is 185 Å². The third-order valence-electron chi connectivity index (χ3n) is 4.50. The first kappa shape index (κ1) is 21.9. The number of amides is 2. The Hall–Kier alpha value is -4.81. The van der Waals surface area contributed by atoms with E-state index in [2.05, 4.69) is 22.5 Å². The highest BCUT2D eigenvalue weighted by molar-refractivity contribution is 6.07. The predicted octanol–water partition coefficient (Wildman–Crippen LogP) is 3.94. The molecule has 32 heavy (non-hydrogen) atoms. The Morgan fingerprint density at radius 3 is 1.44 bits per heavy atom. The first-order valence-corrected chi connectivity index (χ1v) is 9.43. The third kappa shape index (κ3) is 5.21. The minimum atomic E-state index is -0.617. The summed E-state index contributed by atoms with van der Waals surface area (Å²) in [4.78, 5) is 37.3. The molecule has 0 unspecified atom stereocenters. The Morgan fingerprint density at radius 1 is 0.688 bits per heavy atom. The molecule has 0 spiro atoms. The van der Waals surface area contributed by atoms with Gasteiger partial charge >= 0.3 is 5.97 Å². The number of carbonyl (C=O) groups excluding carboxylic acids is 3. The number of methoxy groups -OCH3 is 1. The zero-order valence-electron chi connectivity index (χ0n) is 17.1. The molecule has 2 N–H and O–H groups in total. The average molecular weight is 422 g/mol. The van der Waals surface area contributed by atoms with E-state index >= 15 is 0 Å². The lowest BCUT2D eigenvalue weighted by Crippen LogP contribution is -2.15. The molecule has 0 fully saturated rings. The number of esters is 1. The standard InChI is InChI=1S/C26H18N2O4/c1-4-17-6-10-19(11-7-17)24(29)27-22-14-21(26(31)32-3)15-23(16-22)28-25(30)20-12-8-18(5-2)9-13-20/h1-2,6-16H,3H3,(H,27,29)(H,28,30). The number of terminal acetylenes is 2. The molecule has 0 aliphatic carbocycles. The van der Waals surface area contributed by atoms with Crippen LogP contribution in [0.15, 0.2) is 66.7 Å². The lowest BCUT2D eigenvalue weighted by Gasteiger charge is -2.12. The molecule has 0 aliphatic rings. The lowest BCUT2D eigenvalue weighted by atomic mass is 10.1. The first-order valence-electron chi connectivity index (χ1n) is 9.43. The Morgan fingerprint density at radius 2 is 1.09 bits per heavy atom. The fourth-order valence-corrected chi connectivity index (χ4v) is 2.85. The average Bonchev–Trinajstić information content (AvgIpc) is 2.83. The Bertz CT molecular complexity index is 1170. The van der Waals surface area contributed by atoms with Crippen molar-refractivity contribution in [2.45, 2.75) is 0 Å². The highest BCUT2D eigenvalue weighted by Gasteiger charge is 2.14. The highest BCUT2D eigenvalue weighted by Crippen LogP contribution is 2.22. The molecule has 0 bridgehead atoms. The van der Waals surface area contributed by atoms with Crippen LogP contribution < -0.4 is 10.6 Å². The van der Waals surface area contributed by atoms with Gasteiger partial charge in [-0.25, -0.2) is 4.79 Å². The first-order chi connectivity index (χ1) is 15.4. The van der Waals surface area contributed by atoms with Crippen molar-refractivity contribution < 1.29 is 19.1 Å². The predicted molar refractivity (Wildman–Crippen MR) is 122 cm³/mol. The maximum absolute atomic E-state index is 12.6. The summed E-state index contributed by atoms with van der Waals surface area (Å²) in [6.07, 6.45) is 10.7. The molecule has 0 radical (unpaired) electrons. The third-order valence-corrected chi connectivity index (χ3v) is 4.50. The van der Waals surface area contributed by atoms with Crippen LogP contribution in [0, 0.1) is 24.7 Å². The van der Waals surface area contributed by atoms with Crippen LogP contribution in [0.3, 0.4) is 0 Å². The van der Waals surface area contributed by atoms with Gasteiger partial charge in [0.15, 0.2) is 0 Å². The van der Waals surface area contributed by atoms with Gasteiger partial charge in [-0.2, -0.15) is 0 Å². The van der Waals surface area contributed by atoms with Gasteiger partial charge in [0.05, 0.1) is 12.7 Å². The second-order valence-electron chi connectivity index (χ2n) is 6.64. The van der Waals surface area contributed by atoms with E-state index in [1.165, 1.54) is 25.3 Å². The Kier molecular flexibility index (Phi) is 6.70. The van der Waals surface area contributed by atoms with Gasteiger partial charge in [0.2, 0.25) is 0 Å². The van der Waals surface area contributed by atoms with Gasteiger partial charge in [0.1, 0.15) is 0 Å². The molecule has 3 aromatic rings. The number of hydrogen-bond donors (Lipinski definition) is 2. The van der Waals surface area contributed by atoms with Gasteiger partial charge < -0.3 is 15.4 Å². The van der Waals surface area contributed by atoms with Gasteiger partial charge in [0.25, 0.3) is 11.8 Å². The van der Waals surface area contributed by atoms with Gasteiger partial charge in [-0.05, 0) is 66.7 Å². The summed E-state index contributed by atoms with van der Waals surface area (Å²) in [5.74, 6) is 3.54. The van der Waals surface area contributed by atoms with E-state index in [0.717, 1.165) is 0 Å². The zero-order valence-corrected chi connectivity index (χ0v) is 17.1. The maximum atomic E-state index is 12.6. The van der Waals surface area contributed by atoms with E-state index in [9.17, 15) is 14.4 Å². The fourth-order valence-electron chi connectivity index (χ4n) is 2.85. The molecule has 0 aliphatic heterocycles. The van der Waals surface area contributed by atoms with Crippen molar-refractivity contribution in [2.75, 3.05) is 17.7 Å². The summed E-state index contributed by atoms with van der Waals surface area (Å²) in [5.41, 5.74) is 2.82. The van der Waals surface area contributed by atoms with Crippen LogP contribution in [0.2, 0.25) is 0 Å². The van der Waals surface area contributed by atoms with Crippen molar-refractivity contribution in [1.29, 1.82) is 0 Å². The van der Waals surface area contributed by atoms with Crippen molar-refractivity contribution >= 4 is 29.2 Å². The summed E-state index contributed by atoms with van der Waals surface area (Å²) in [6.45, 7) is 0. The number of anilines is 2. The van der Waals surface area contributed by atoms with Crippen LogP contribution in [0.4, 0.5) is 11.4 Å². The van der Waals surface area contributed by atoms with Crippen molar-refractivity contribution in [1.82, 2.24) is 0 Å². The molecular weight excluding hydrogens is 404 g/mol. The highest BCUT2D eigenvalue weighted by atomic mass is 16.5. The second-order valence-corrected chi connectivity index (χ2v) is 6.64. The van der Waals surface area contributed by atoms with E-state index in [4.69, 9.17) is 17.6 Å². The molecule has 156 valence electrons. The summed E-state index contributed by atoms with van der Waals surface area (Å²) in [6, 6.07) is 17.4. The van der Waals surface area contributed by atoms with Gasteiger partial charge in [0, 0.05) is 33.6 Å². The molecule has 0 aromatic heterocycles. The normalized spacial score (nSPS) is 9.72. The van der Waals surface area contributed by atoms with Gasteiger partial charge in [-0.1, -0.05) is 11.8 Å². The smallest absolute Gasteiger partial charge is 0.337 e. The number of rotatable bonds is 5. The summed E-state index contributed by atoms with van der Waals surface area (Å²) in [5, 5.41) is 5.42. The van der Waals surface area contributed by atoms with Gasteiger partial charge in [-0.3, -0.25) is 9.59 Å². The molecular formula is C26H18N2O4. The number of benzene rings is 3. The molecule has 3 rings (SSSR count). The van der Waals surface area contributed by atoms with Crippen LogP contribution in [0.5, 0.6) is 0 Å². The summed E-state index contributed by atoms with van der Waals surface area (Å²) < 4.78 is 4.77. The zero-order chi connectivity index (χ0) is 23.1. The van der Waals surface area contributed by atoms with Crippen molar-refractivity contribution in [3.05, 3.63) is 94.5 Å². The van der Waals surface area contributed by atoms with Crippen LogP contribution in [-0.2, 0) is 4.74 Å². The molecule has 6 heteroatoms. The van der Waals surface area contributed by atoms with Crippen molar-refractivity contribution in [3.8, 4) is 24.7 Å². The van der Waals surface area contributed by atoms with E-state index < -0.39 is 17.8 Å². The van der Waals surface area contributed by atoms with E-state index in [1.807, 2.05) is 0 Å². The molecule has 0 atom stereocenters. The number of hydrogen-bond acceptors (Lipinski definition) is 4. The summed E-state index contributed by atoms with van der Waals surface area (Å²) >= 11 is 0. The minimum Gasteiger partial charge on any atom is -0.465 e. The van der Waals surface area contributed by atoms with Crippen LogP contribution in [0.1, 0.15) is 42.2 Å². The molecule has 3 aromatic carbocycles. The minimum absolute atomic E-state index is 0.158. The summed E-state index contributed by atoms with van der Waals surface area (Å²) in [7, 11) is 1.24. The number of nitrogens with one attached hydrogen (secondary N) is 2. The van der Waals surface area contributed by atoms with E-state index in [-0.39, 0.29) is 5.56 Å². The quantitative estimate of drug-likeness (QED) is 0.482. The molecule has 0 heterocycles. The Balaban J connectivity index is 1.86. The number of carbonyl (C=O) groups is 3. The largest absolute Gasteiger partial charge is 0.465 e. The van der Waals surface area contributed by atoms with Crippen LogP contribution >= 0.6 is 0 Å². The molecule has 0 saturated carbocycles. The molecule has 2 amide bonds. The maximum Gasteiger partial charge on any atom is 0.337 e. The topological polar surface area (TPSA) is 84.5 Å². The molecule has 6 nitrogen and oxygen atoms in total. The van der Waals surface area contributed by atoms with Crippen LogP contribution in [0.25, 0.3) is 0 Å². The lowest BCUT2D eigenvalue weighted by molar-refractivity contribution is 0.0600.